The Labute approximate surface area is 146 Å². The van der Waals surface area contributed by atoms with Crippen LogP contribution in [0.4, 0.5) is 0 Å². The fraction of sp³-hybridized carbons (Fsp3) is 0.471. The van der Waals surface area contributed by atoms with E-state index in [9.17, 15) is 4.79 Å². The molecule has 0 atom stereocenters. The van der Waals surface area contributed by atoms with E-state index in [4.69, 9.17) is 0 Å². The van der Waals surface area contributed by atoms with E-state index in [0.717, 1.165) is 48.3 Å². The Hall–Kier alpha value is -1.86. The molecule has 1 fully saturated rings. The third-order valence-corrected chi connectivity index (χ3v) is 5.41. The molecule has 24 heavy (non-hydrogen) atoms. The van der Waals surface area contributed by atoms with Crippen LogP contribution in [0.5, 0.6) is 0 Å². The van der Waals surface area contributed by atoms with Crippen LogP contribution in [0.3, 0.4) is 0 Å². The molecule has 0 unspecified atom stereocenters. The first kappa shape index (κ1) is 17.0. The summed E-state index contributed by atoms with van der Waals surface area (Å²) in [5.41, 5.74) is 2.24. The van der Waals surface area contributed by atoms with Crippen molar-refractivity contribution in [2.75, 3.05) is 39.0 Å². The molecule has 6 nitrogen and oxygen atoms in total. The third kappa shape index (κ3) is 3.62. The summed E-state index contributed by atoms with van der Waals surface area (Å²) in [4.78, 5) is 16.5. The number of nitrogens with zero attached hydrogens (tertiary/aromatic N) is 5. The van der Waals surface area contributed by atoms with E-state index in [0.29, 0.717) is 5.75 Å². The minimum absolute atomic E-state index is 0.175. The molecule has 1 saturated heterocycles. The molecule has 2 aromatic rings. The van der Waals surface area contributed by atoms with Gasteiger partial charge in [0.05, 0.1) is 5.75 Å². The number of benzene rings is 1. The molecule has 0 radical (unpaired) electrons. The van der Waals surface area contributed by atoms with Crippen LogP contribution < -0.4 is 0 Å². The maximum Gasteiger partial charge on any atom is 0.233 e. The van der Waals surface area contributed by atoms with Crippen LogP contribution in [0.15, 0.2) is 29.4 Å². The number of hydrogen-bond acceptors (Lipinski definition) is 5. The Balaban J connectivity index is 1.65. The van der Waals surface area contributed by atoms with Gasteiger partial charge in [-0.2, -0.15) is 0 Å². The van der Waals surface area contributed by atoms with Crippen molar-refractivity contribution in [2.24, 2.45) is 7.05 Å². The molecule has 0 N–H and O–H groups in total. The van der Waals surface area contributed by atoms with Gasteiger partial charge >= 0.3 is 0 Å². The van der Waals surface area contributed by atoms with E-state index in [1.165, 1.54) is 11.8 Å². The van der Waals surface area contributed by atoms with E-state index in [1.807, 2.05) is 34.7 Å². The lowest BCUT2D eigenvalue weighted by molar-refractivity contribution is -0.129. The second-order valence-corrected chi connectivity index (χ2v) is 7.10. The third-order valence-electron chi connectivity index (χ3n) is 4.40. The molecule has 7 heteroatoms. The van der Waals surface area contributed by atoms with Crippen molar-refractivity contribution in [1.29, 1.82) is 0 Å². The number of likely N-dealkylation sites (N-methyl/N-ethyl adjacent to an activating group) is 1. The first-order chi connectivity index (χ1) is 11.6. The molecule has 0 saturated carbocycles. The summed E-state index contributed by atoms with van der Waals surface area (Å²) in [5, 5.41) is 9.34. The molecular formula is C17H23N5OS. The maximum absolute atomic E-state index is 12.3. The smallest absolute Gasteiger partial charge is 0.233 e. The van der Waals surface area contributed by atoms with Gasteiger partial charge < -0.3 is 14.4 Å². The van der Waals surface area contributed by atoms with Gasteiger partial charge in [-0.3, -0.25) is 4.79 Å². The molecule has 1 amide bonds. The van der Waals surface area contributed by atoms with Crippen LogP contribution >= 0.6 is 11.8 Å². The lowest BCUT2D eigenvalue weighted by Gasteiger charge is -2.32. The second-order valence-electron chi connectivity index (χ2n) is 6.15. The van der Waals surface area contributed by atoms with E-state index in [1.54, 1.807) is 0 Å². The van der Waals surface area contributed by atoms with Crippen molar-refractivity contribution in [3.05, 3.63) is 29.8 Å². The van der Waals surface area contributed by atoms with Gasteiger partial charge in [-0.25, -0.2) is 0 Å². The largest absolute Gasteiger partial charge is 0.339 e. The highest BCUT2D eigenvalue weighted by Gasteiger charge is 2.20. The predicted molar refractivity (Wildman–Crippen MR) is 96.0 cm³/mol. The molecule has 0 aliphatic carbocycles. The lowest BCUT2D eigenvalue weighted by Crippen LogP contribution is -2.47. The number of amides is 1. The zero-order valence-corrected chi connectivity index (χ0v) is 15.2. The molecule has 0 spiro atoms. The minimum atomic E-state index is 0.175. The Morgan fingerprint density at radius 1 is 1.12 bits per heavy atom. The summed E-state index contributed by atoms with van der Waals surface area (Å²) in [7, 11) is 4.04. The van der Waals surface area contributed by atoms with Crippen molar-refractivity contribution in [2.45, 2.75) is 12.1 Å². The van der Waals surface area contributed by atoms with Gasteiger partial charge in [0.1, 0.15) is 0 Å². The second kappa shape index (κ2) is 7.36. The van der Waals surface area contributed by atoms with Crippen molar-refractivity contribution in [3.8, 4) is 11.4 Å². The average Bonchev–Trinajstić information content (AvgIpc) is 2.94. The number of carbonyl (C=O) groups excluding carboxylic acids is 1. The van der Waals surface area contributed by atoms with Crippen LogP contribution in [-0.2, 0) is 11.8 Å². The SMILES string of the molecule is Cc1ccccc1-c1nnc(SCC(=O)N2CCN(C)CC2)n1C. The number of hydrogen-bond donors (Lipinski definition) is 0. The van der Waals surface area contributed by atoms with Crippen LogP contribution in [0.1, 0.15) is 5.56 Å². The Kier molecular flexibility index (Phi) is 5.20. The summed E-state index contributed by atoms with van der Waals surface area (Å²) >= 11 is 1.46. The highest BCUT2D eigenvalue weighted by molar-refractivity contribution is 7.99. The van der Waals surface area contributed by atoms with Gasteiger partial charge in [0.2, 0.25) is 5.91 Å². The van der Waals surface area contributed by atoms with Crippen LogP contribution in [0, 0.1) is 6.92 Å². The number of aryl methyl sites for hydroxylation is 1. The highest BCUT2D eigenvalue weighted by atomic mass is 32.2. The molecule has 1 aromatic carbocycles. The summed E-state index contributed by atoms with van der Waals surface area (Å²) in [6.45, 7) is 5.57. The lowest BCUT2D eigenvalue weighted by atomic mass is 10.1. The summed E-state index contributed by atoms with van der Waals surface area (Å²) in [6, 6.07) is 8.12. The molecular weight excluding hydrogens is 322 g/mol. The molecule has 2 heterocycles. The van der Waals surface area contributed by atoms with Gasteiger partial charge in [-0.15, -0.1) is 10.2 Å². The Morgan fingerprint density at radius 3 is 2.54 bits per heavy atom. The number of piperazine rings is 1. The molecule has 1 aliphatic heterocycles. The fourth-order valence-corrected chi connectivity index (χ4v) is 3.59. The molecule has 1 aromatic heterocycles. The van der Waals surface area contributed by atoms with Gasteiger partial charge in [0.25, 0.3) is 0 Å². The summed E-state index contributed by atoms with van der Waals surface area (Å²) in [5.74, 6) is 1.42. The predicted octanol–water partition coefficient (Wildman–Crippen LogP) is 1.66. The van der Waals surface area contributed by atoms with Crippen molar-refractivity contribution < 1.29 is 4.79 Å². The molecule has 128 valence electrons. The van der Waals surface area contributed by atoms with E-state index in [-0.39, 0.29) is 5.91 Å². The fourth-order valence-electron chi connectivity index (χ4n) is 2.77. The van der Waals surface area contributed by atoms with Crippen LogP contribution in [0.2, 0.25) is 0 Å². The van der Waals surface area contributed by atoms with Crippen molar-refractivity contribution in [3.63, 3.8) is 0 Å². The molecule has 0 bridgehead atoms. The Bertz CT molecular complexity index is 722. The highest BCUT2D eigenvalue weighted by Crippen LogP contribution is 2.25. The number of aromatic nitrogens is 3. The normalized spacial score (nSPS) is 15.7. The molecule has 3 rings (SSSR count). The summed E-state index contributed by atoms with van der Waals surface area (Å²) < 4.78 is 1.96. The van der Waals surface area contributed by atoms with Gasteiger partial charge in [0, 0.05) is 38.8 Å². The van der Waals surface area contributed by atoms with Crippen LogP contribution in [-0.4, -0.2) is 69.5 Å². The van der Waals surface area contributed by atoms with E-state index in [2.05, 4.69) is 35.1 Å². The van der Waals surface area contributed by atoms with Gasteiger partial charge in [0.15, 0.2) is 11.0 Å². The monoisotopic (exact) mass is 345 g/mol. The zero-order chi connectivity index (χ0) is 17.1. The number of carbonyl (C=O) groups is 1. The minimum Gasteiger partial charge on any atom is -0.339 e. The van der Waals surface area contributed by atoms with Crippen molar-refractivity contribution >= 4 is 17.7 Å². The Morgan fingerprint density at radius 2 is 1.83 bits per heavy atom. The maximum atomic E-state index is 12.3. The van der Waals surface area contributed by atoms with E-state index >= 15 is 0 Å². The van der Waals surface area contributed by atoms with Gasteiger partial charge in [-0.05, 0) is 19.5 Å². The van der Waals surface area contributed by atoms with Crippen molar-refractivity contribution in [1.82, 2.24) is 24.6 Å². The standard InChI is InChI=1S/C17H23N5OS/c1-13-6-4-5-7-14(13)16-18-19-17(21(16)3)24-12-15(23)22-10-8-20(2)9-11-22/h4-7H,8-12H2,1-3H3. The quantitative estimate of drug-likeness (QED) is 0.789. The zero-order valence-electron chi connectivity index (χ0n) is 14.4. The summed E-state index contributed by atoms with van der Waals surface area (Å²) in [6.07, 6.45) is 0. The topological polar surface area (TPSA) is 54.3 Å². The number of rotatable bonds is 4. The first-order valence-corrected chi connectivity index (χ1v) is 9.09. The average molecular weight is 345 g/mol. The van der Waals surface area contributed by atoms with Gasteiger partial charge in [-0.1, -0.05) is 36.0 Å². The molecule has 1 aliphatic rings. The number of thioether (sulfide) groups is 1. The van der Waals surface area contributed by atoms with E-state index < -0.39 is 0 Å². The van der Waals surface area contributed by atoms with Crippen LogP contribution in [0.25, 0.3) is 11.4 Å². The first-order valence-electron chi connectivity index (χ1n) is 8.11.